The molecule has 6 nitrogen and oxygen atoms in total. The largest absolute Gasteiger partial charge is 0.381 e. The number of benzene rings is 2. The van der Waals surface area contributed by atoms with Crippen molar-refractivity contribution in [1.82, 2.24) is 10.6 Å². The summed E-state index contributed by atoms with van der Waals surface area (Å²) in [6.45, 7) is 1.20. The van der Waals surface area contributed by atoms with Crippen molar-refractivity contribution in [2.45, 2.75) is 37.3 Å². The van der Waals surface area contributed by atoms with E-state index < -0.39 is 5.54 Å². The third kappa shape index (κ3) is 4.86. The van der Waals surface area contributed by atoms with Crippen LogP contribution in [0, 0.1) is 5.82 Å². The fourth-order valence-corrected chi connectivity index (χ4v) is 3.78. The summed E-state index contributed by atoms with van der Waals surface area (Å²) in [5, 5.41) is 9.16. The molecule has 2 aromatic carbocycles. The first-order valence-electron chi connectivity index (χ1n) is 10.3. The highest BCUT2D eigenvalue weighted by Gasteiger charge is 2.34. The zero-order valence-electron chi connectivity index (χ0n) is 16.7. The molecule has 3 N–H and O–H groups in total. The van der Waals surface area contributed by atoms with Crippen LogP contribution < -0.4 is 16.0 Å². The van der Waals surface area contributed by atoms with Crippen LogP contribution in [0.1, 0.15) is 41.6 Å². The fourth-order valence-electron chi connectivity index (χ4n) is 3.78. The molecule has 158 valence electrons. The molecule has 30 heavy (non-hydrogen) atoms. The molecular weight excluding hydrogens is 385 g/mol. The Kier molecular flexibility index (Phi) is 6.11. The molecule has 4 rings (SSSR count). The van der Waals surface area contributed by atoms with Gasteiger partial charge in [-0.25, -0.2) is 4.39 Å². The van der Waals surface area contributed by atoms with Crippen LogP contribution in [-0.4, -0.2) is 37.6 Å². The van der Waals surface area contributed by atoms with E-state index in [-0.39, 0.29) is 30.2 Å². The number of hydrogen-bond acceptors (Lipinski definition) is 4. The topological polar surface area (TPSA) is 79.5 Å². The van der Waals surface area contributed by atoms with Gasteiger partial charge in [0.1, 0.15) is 5.82 Å². The molecule has 0 unspecified atom stereocenters. The predicted octanol–water partition coefficient (Wildman–Crippen LogP) is 2.95. The lowest BCUT2D eigenvalue weighted by molar-refractivity contribution is -0.116. The van der Waals surface area contributed by atoms with Crippen molar-refractivity contribution in [3.63, 3.8) is 0 Å². The SMILES string of the molecule is O=C(CNC1(c2ccc(F)cc2)CCOCC1)Nc1ccccc1C(=O)NC1CC1. The van der Waals surface area contributed by atoms with E-state index in [1.54, 1.807) is 36.4 Å². The number of nitrogens with one attached hydrogen (secondary N) is 3. The van der Waals surface area contributed by atoms with Gasteiger partial charge in [-0.1, -0.05) is 24.3 Å². The van der Waals surface area contributed by atoms with Crippen LogP contribution in [0.25, 0.3) is 0 Å². The van der Waals surface area contributed by atoms with Gasteiger partial charge in [0.25, 0.3) is 5.91 Å². The van der Waals surface area contributed by atoms with Crippen LogP contribution in [0.4, 0.5) is 10.1 Å². The van der Waals surface area contributed by atoms with Crippen molar-refractivity contribution in [2.75, 3.05) is 25.1 Å². The maximum Gasteiger partial charge on any atom is 0.253 e. The summed E-state index contributed by atoms with van der Waals surface area (Å²) in [6, 6.07) is 13.6. The molecule has 1 aliphatic carbocycles. The number of halogens is 1. The van der Waals surface area contributed by atoms with E-state index in [2.05, 4.69) is 16.0 Å². The second kappa shape index (κ2) is 8.93. The number of para-hydroxylation sites is 1. The molecule has 2 amide bonds. The van der Waals surface area contributed by atoms with Gasteiger partial charge < -0.3 is 15.4 Å². The molecule has 0 aromatic heterocycles. The second-order valence-corrected chi connectivity index (χ2v) is 7.90. The van der Waals surface area contributed by atoms with E-state index in [1.807, 2.05) is 0 Å². The smallest absolute Gasteiger partial charge is 0.253 e. The molecule has 1 aliphatic heterocycles. The van der Waals surface area contributed by atoms with E-state index >= 15 is 0 Å². The summed E-state index contributed by atoms with van der Waals surface area (Å²) in [7, 11) is 0. The van der Waals surface area contributed by atoms with Crippen molar-refractivity contribution in [3.8, 4) is 0 Å². The van der Waals surface area contributed by atoms with E-state index in [0.717, 1.165) is 18.4 Å². The average Bonchev–Trinajstić information content (AvgIpc) is 3.58. The molecule has 0 radical (unpaired) electrons. The number of carbonyl (C=O) groups is 2. The summed E-state index contributed by atoms with van der Waals surface area (Å²) in [4.78, 5) is 25.1. The minimum atomic E-state index is -0.452. The van der Waals surface area contributed by atoms with Crippen molar-refractivity contribution in [2.24, 2.45) is 0 Å². The Morgan fingerprint density at radius 1 is 1.03 bits per heavy atom. The molecule has 1 saturated heterocycles. The minimum absolute atomic E-state index is 0.0654. The van der Waals surface area contributed by atoms with Gasteiger partial charge in [0.15, 0.2) is 0 Å². The number of anilines is 1. The molecule has 0 spiro atoms. The van der Waals surface area contributed by atoms with Crippen LogP contribution in [0.5, 0.6) is 0 Å². The number of carbonyl (C=O) groups excluding carboxylic acids is 2. The Bertz CT molecular complexity index is 906. The Balaban J connectivity index is 1.43. The molecule has 2 aromatic rings. The minimum Gasteiger partial charge on any atom is -0.381 e. The summed E-state index contributed by atoms with van der Waals surface area (Å²) >= 11 is 0. The first-order chi connectivity index (χ1) is 14.6. The van der Waals surface area contributed by atoms with Gasteiger partial charge in [-0.3, -0.25) is 14.9 Å². The quantitative estimate of drug-likeness (QED) is 0.655. The molecule has 0 bridgehead atoms. The lowest BCUT2D eigenvalue weighted by Crippen LogP contribution is -2.49. The van der Waals surface area contributed by atoms with Crippen LogP contribution in [-0.2, 0) is 15.1 Å². The van der Waals surface area contributed by atoms with Crippen LogP contribution in [0.15, 0.2) is 48.5 Å². The summed E-state index contributed by atoms with van der Waals surface area (Å²) in [5.74, 6) is -0.706. The third-order valence-corrected chi connectivity index (χ3v) is 5.69. The van der Waals surface area contributed by atoms with Gasteiger partial charge in [0.05, 0.1) is 17.8 Å². The van der Waals surface area contributed by atoms with Gasteiger partial charge in [-0.05, 0) is 55.5 Å². The summed E-state index contributed by atoms with van der Waals surface area (Å²) < 4.78 is 18.9. The highest BCUT2D eigenvalue weighted by molar-refractivity contribution is 6.04. The predicted molar refractivity (Wildman–Crippen MR) is 112 cm³/mol. The highest BCUT2D eigenvalue weighted by Crippen LogP contribution is 2.32. The third-order valence-electron chi connectivity index (χ3n) is 5.69. The van der Waals surface area contributed by atoms with Crippen molar-refractivity contribution < 1.29 is 18.7 Å². The van der Waals surface area contributed by atoms with E-state index in [4.69, 9.17) is 4.74 Å². The Morgan fingerprint density at radius 3 is 2.43 bits per heavy atom. The van der Waals surface area contributed by atoms with Crippen molar-refractivity contribution in [3.05, 3.63) is 65.5 Å². The number of rotatable bonds is 7. The highest BCUT2D eigenvalue weighted by atomic mass is 19.1. The molecule has 0 atom stereocenters. The summed E-state index contributed by atoms with van der Waals surface area (Å²) in [6.07, 6.45) is 3.37. The normalized spacial score (nSPS) is 17.9. The molecule has 1 heterocycles. The molecule has 1 saturated carbocycles. The Morgan fingerprint density at radius 2 is 1.73 bits per heavy atom. The van der Waals surface area contributed by atoms with Crippen molar-refractivity contribution >= 4 is 17.5 Å². The van der Waals surface area contributed by atoms with Gasteiger partial charge in [-0.2, -0.15) is 0 Å². The lowest BCUT2D eigenvalue weighted by Gasteiger charge is -2.38. The monoisotopic (exact) mass is 411 g/mol. The van der Waals surface area contributed by atoms with E-state index in [9.17, 15) is 14.0 Å². The average molecular weight is 411 g/mol. The number of ether oxygens (including phenoxy) is 1. The zero-order valence-corrected chi connectivity index (χ0v) is 16.7. The van der Waals surface area contributed by atoms with Gasteiger partial charge in [0, 0.05) is 24.8 Å². The van der Waals surface area contributed by atoms with Crippen molar-refractivity contribution in [1.29, 1.82) is 0 Å². The van der Waals surface area contributed by atoms with E-state index in [1.165, 1.54) is 12.1 Å². The van der Waals surface area contributed by atoms with Gasteiger partial charge in [0.2, 0.25) is 5.91 Å². The number of amides is 2. The Labute approximate surface area is 175 Å². The van der Waals surface area contributed by atoms with Crippen LogP contribution >= 0.6 is 0 Å². The molecular formula is C23H26FN3O3. The first-order valence-corrected chi connectivity index (χ1v) is 10.3. The standard InChI is InChI=1S/C23H26FN3O3/c24-17-7-5-16(6-8-17)23(11-13-30-14-12-23)25-15-21(28)27-20-4-2-1-3-19(20)22(29)26-18-9-10-18/h1-8,18,25H,9-15H2,(H,26,29)(H,27,28). The fraction of sp³-hybridized carbons (Fsp3) is 0.391. The molecule has 2 aliphatic rings. The lowest BCUT2D eigenvalue weighted by atomic mass is 9.82. The number of hydrogen-bond donors (Lipinski definition) is 3. The Hall–Kier alpha value is -2.77. The van der Waals surface area contributed by atoms with E-state index in [0.29, 0.717) is 37.3 Å². The van der Waals surface area contributed by atoms with Gasteiger partial charge in [-0.15, -0.1) is 0 Å². The maximum absolute atomic E-state index is 13.4. The van der Waals surface area contributed by atoms with Gasteiger partial charge >= 0.3 is 0 Å². The second-order valence-electron chi connectivity index (χ2n) is 7.90. The molecule has 2 fully saturated rings. The molecule has 7 heteroatoms. The first kappa shape index (κ1) is 20.5. The maximum atomic E-state index is 13.4. The zero-order chi connectivity index (χ0) is 21.0. The van der Waals surface area contributed by atoms with Crippen LogP contribution in [0.2, 0.25) is 0 Å². The van der Waals surface area contributed by atoms with Crippen LogP contribution in [0.3, 0.4) is 0 Å². The summed E-state index contributed by atoms with van der Waals surface area (Å²) in [5.41, 5.74) is 1.43.